The van der Waals surface area contributed by atoms with E-state index in [2.05, 4.69) is 5.32 Å². The molecule has 134 valence electrons. The molecule has 0 bridgehead atoms. The molecule has 1 N–H and O–H groups in total. The molecule has 3 rings (SSSR count). The van der Waals surface area contributed by atoms with Crippen molar-refractivity contribution in [2.24, 2.45) is 0 Å². The average molecular weight is 413 g/mol. The van der Waals surface area contributed by atoms with Crippen LogP contribution in [0.1, 0.15) is 5.56 Å². The molecule has 0 spiro atoms. The Balaban J connectivity index is 1.74. The maximum atomic E-state index is 12.0. The minimum absolute atomic E-state index is 0.234. The van der Waals surface area contributed by atoms with E-state index in [1.54, 1.807) is 25.1 Å². The molecule has 1 heterocycles. The quantitative estimate of drug-likeness (QED) is 0.607. The summed E-state index contributed by atoms with van der Waals surface area (Å²) in [6.45, 7) is 1.49. The highest BCUT2D eigenvalue weighted by molar-refractivity contribution is 6.42. The van der Waals surface area contributed by atoms with Crippen molar-refractivity contribution in [3.05, 3.63) is 67.4 Å². The lowest BCUT2D eigenvalue weighted by atomic mass is 10.1. The molecule has 0 saturated carbocycles. The van der Waals surface area contributed by atoms with Gasteiger partial charge in [-0.15, -0.1) is 0 Å². The molecule has 0 aliphatic heterocycles. The third-order valence-electron chi connectivity index (χ3n) is 3.57. The summed E-state index contributed by atoms with van der Waals surface area (Å²) < 4.78 is 10.6. The number of hydrogen-bond donors (Lipinski definition) is 1. The maximum Gasteiger partial charge on any atom is 0.336 e. The Morgan fingerprint density at radius 1 is 1.08 bits per heavy atom. The van der Waals surface area contributed by atoms with Crippen LogP contribution in [-0.2, 0) is 4.79 Å². The standard InChI is InChI=1S/C18H12Cl3NO4/c1-9-4-18(24)26-15-7-16(14(21)6-11(9)15)25-8-17(23)22-10-2-3-12(19)13(20)5-10/h2-7H,8H2,1H3,(H,22,23). The number of hydrogen-bond acceptors (Lipinski definition) is 4. The number of nitrogens with one attached hydrogen (secondary N) is 1. The van der Waals surface area contributed by atoms with Gasteiger partial charge in [0.05, 0.1) is 15.1 Å². The molecule has 8 heteroatoms. The van der Waals surface area contributed by atoms with Crippen LogP contribution < -0.4 is 15.7 Å². The normalized spacial score (nSPS) is 10.8. The molecule has 0 saturated heterocycles. The number of anilines is 1. The van der Waals surface area contributed by atoms with Gasteiger partial charge < -0.3 is 14.5 Å². The van der Waals surface area contributed by atoms with Gasteiger partial charge in [0.15, 0.2) is 6.61 Å². The first-order valence-corrected chi connectivity index (χ1v) is 8.58. The largest absolute Gasteiger partial charge is 0.482 e. The number of carbonyl (C=O) groups excluding carboxylic acids is 1. The van der Waals surface area contributed by atoms with E-state index in [0.29, 0.717) is 31.7 Å². The van der Waals surface area contributed by atoms with E-state index in [4.69, 9.17) is 44.0 Å². The number of ether oxygens (including phenoxy) is 1. The predicted molar refractivity (Wildman–Crippen MR) is 103 cm³/mol. The van der Waals surface area contributed by atoms with Gasteiger partial charge in [-0.3, -0.25) is 4.79 Å². The summed E-state index contributed by atoms with van der Waals surface area (Å²) in [5.74, 6) is -0.178. The third-order valence-corrected chi connectivity index (χ3v) is 4.60. The van der Waals surface area contributed by atoms with E-state index in [1.165, 1.54) is 18.2 Å². The molecule has 0 aliphatic rings. The minimum atomic E-state index is -0.472. The maximum absolute atomic E-state index is 12.0. The highest BCUT2D eigenvalue weighted by Crippen LogP contribution is 2.31. The van der Waals surface area contributed by atoms with Crippen molar-refractivity contribution >= 4 is 57.4 Å². The first-order valence-electron chi connectivity index (χ1n) is 7.45. The van der Waals surface area contributed by atoms with Crippen LogP contribution in [0.2, 0.25) is 15.1 Å². The molecular formula is C18H12Cl3NO4. The van der Waals surface area contributed by atoms with Gasteiger partial charge in [-0.05, 0) is 36.8 Å². The molecular weight excluding hydrogens is 401 g/mol. The summed E-state index contributed by atoms with van der Waals surface area (Å²) in [6, 6.07) is 9.21. The molecule has 5 nitrogen and oxygen atoms in total. The molecule has 0 fully saturated rings. The second-order valence-electron chi connectivity index (χ2n) is 5.49. The molecule has 0 aliphatic carbocycles. The van der Waals surface area contributed by atoms with Gasteiger partial charge >= 0.3 is 5.63 Å². The van der Waals surface area contributed by atoms with Crippen molar-refractivity contribution in [3.8, 4) is 5.75 Å². The van der Waals surface area contributed by atoms with Crippen molar-refractivity contribution in [2.45, 2.75) is 6.92 Å². The number of benzene rings is 2. The van der Waals surface area contributed by atoms with E-state index < -0.39 is 11.5 Å². The lowest BCUT2D eigenvalue weighted by molar-refractivity contribution is -0.118. The van der Waals surface area contributed by atoms with E-state index in [9.17, 15) is 9.59 Å². The summed E-state index contributed by atoms with van der Waals surface area (Å²) in [5.41, 5.74) is 1.08. The number of aryl methyl sites for hydroxylation is 1. The molecule has 2 aromatic carbocycles. The van der Waals surface area contributed by atoms with Crippen LogP contribution in [0.15, 0.2) is 45.6 Å². The van der Waals surface area contributed by atoms with Crippen LogP contribution in [-0.4, -0.2) is 12.5 Å². The van der Waals surface area contributed by atoms with Crippen LogP contribution in [0.25, 0.3) is 11.0 Å². The van der Waals surface area contributed by atoms with E-state index in [0.717, 1.165) is 5.56 Å². The highest BCUT2D eigenvalue weighted by Gasteiger charge is 2.11. The third kappa shape index (κ3) is 4.12. The average Bonchev–Trinajstić information content (AvgIpc) is 2.57. The Morgan fingerprint density at radius 3 is 2.58 bits per heavy atom. The Kier molecular flexibility index (Phi) is 5.41. The summed E-state index contributed by atoms with van der Waals surface area (Å²) in [7, 11) is 0. The second kappa shape index (κ2) is 7.58. The lowest BCUT2D eigenvalue weighted by Gasteiger charge is -2.10. The molecule has 26 heavy (non-hydrogen) atoms. The Morgan fingerprint density at radius 2 is 1.85 bits per heavy atom. The first kappa shape index (κ1) is 18.6. The fourth-order valence-electron chi connectivity index (χ4n) is 2.34. The smallest absolute Gasteiger partial charge is 0.336 e. The fraction of sp³-hybridized carbons (Fsp3) is 0.111. The molecule has 3 aromatic rings. The van der Waals surface area contributed by atoms with Crippen molar-refractivity contribution < 1.29 is 13.9 Å². The zero-order chi connectivity index (χ0) is 18.8. The van der Waals surface area contributed by atoms with Gasteiger partial charge in [-0.1, -0.05) is 34.8 Å². The SMILES string of the molecule is Cc1cc(=O)oc2cc(OCC(=O)Nc3ccc(Cl)c(Cl)c3)c(Cl)cc12. The van der Waals surface area contributed by atoms with Gasteiger partial charge in [0.2, 0.25) is 0 Å². The van der Waals surface area contributed by atoms with E-state index in [-0.39, 0.29) is 12.4 Å². The summed E-state index contributed by atoms with van der Waals surface area (Å²) >= 11 is 17.9. The summed E-state index contributed by atoms with van der Waals surface area (Å²) in [5, 5.41) is 4.35. The van der Waals surface area contributed by atoms with Crippen molar-refractivity contribution in [2.75, 3.05) is 11.9 Å². The monoisotopic (exact) mass is 411 g/mol. The minimum Gasteiger partial charge on any atom is -0.482 e. The van der Waals surface area contributed by atoms with Gasteiger partial charge in [0.25, 0.3) is 5.91 Å². The number of carbonyl (C=O) groups is 1. The highest BCUT2D eigenvalue weighted by atomic mass is 35.5. The Bertz CT molecular complexity index is 1060. The first-order chi connectivity index (χ1) is 12.3. The van der Waals surface area contributed by atoms with Crippen LogP contribution in [0.4, 0.5) is 5.69 Å². The van der Waals surface area contributed by atoms with Crippen molar-refractivity contribution in [3.63, 3.8) is 0 Å². The van der Waals surface area contributed by atoms with Crippen LogP contribution >= 0.6 is 34.8 Å². The number of rotatable bonds is 4. The Hall–Kier alpha value is -2.21. The van der Waals surface area contributed by atoms with Gasteiger partial charge in [-0.25, -0.2) is 4.79 Å². The van der Waals surface area contributed by atoms with Gasteiger partial charge in [-0.2, -0.15) is 0 Å². The van der Waals surface area contributed by atoms with Crippen LogP contribution in [0, 0.1) is 6.92 Å². The topological polar surface area (TPSA) is 68.5 Å². The van der Waals surface area contributed by atoms with E-state index >= 15 is 0 Å². The number of fused-ring (bicyclic) bond motifs is 1. The van der Waals surface area contributed by atoms with Gasteiger partial charge in [0, 0.05) is 23.2 Å². The van der Waals surface area contributed by atoms with E-state index in [1.807, 2.05) is 0 Å². The number of amides is 1. The van der Waals surface area contributed by atoms with Crippen molar-refractivity contribution in [1.29, 1.82) is 0 Å². The molecule has 0 atom stereocenters. The molecule has 1 aromatic heterocycles. The molecule has 0 radical (unpaired) electrons. The molecule has 0 unspecified atom stereocenters. The zero-order valence-electron chi connectivity index (χ0n) is 13.4. The zero-order valence-corrected chi connectivity index (χ0v) is 15.7. The molecule has 1 amide bonds. The van der Waals surface area contributed by atoms with Crippen molar-refractivity contribution in [1.82, 2.24) is 0 Å². The Labute approximate surface area is 163 Å². The number of halogens is 3. The fourth-order valence-corrected chi connectivity index (χ4v) is 2.86. The van der Waals surface area contributed by atoms with Crippen LogP contribution in [0.5, 0.6) is 5.75 Å². The second-order valence-corrected chi connectivity index (χ2v) is 6.71. The summed E-state index contributed by atoms with van der Waals surface area (Å²) in [4.78, 5) is 23.5. The summed E-state index contributed by atoms with van der Waals surface area (Å²) in [6.07, 6.45) is 0. The predicted octanol–water partition coefficient (Wildman–Crippen LogP) is 5.08. The lowest BCUT2D eigenvalue weighted by Crippen LogP contribution is -2.20. The van der Waals surface area contributed by atoms with Gasteiger partial charge in [0.1, 0.15) is 11.3 Å². The van der Waals surface area contributed by atoms with Crippen LogP contribution in [0.3, 0.4) is 0 Å².